The molecule has 0 spiro atoms. The third kappa shape index (κ3) is 3.44. The molecule has 0 saturated carbocycles. The molecule has 32 heavy (non-hydrogen) atoms. The van der Waals surface area contributed by atoms with Gasteiger partial charge < -0.3 is 9.64 Å². The van der Waals surface area contributed by atoms with E-state index < -0.39 is 5.41 Å². The van der Waals surface area contributed by atoms with Crippen molar-refractivity contribution >= 4 is 17.3 Å². The maximum Gasteiger partial charge on any atom is 0.260 e. The number of likely N-dealkylation sites (N-methyl/N-ethyl adjacent to an activating group) is 1. The fourth-order valence-electron chi connectivity index (χ4n) is 4.51. The van der Waals surface area contributed by atoms with Crippen molar-refractivity contribution in [3.05, 3.63) is 69.8 Å². The van der Waals surface area contributed by atoms with E-state index in [-0.39, 0.29) is 24.7 Å². The van der Waals surface area contributed by atoms with Gasteiger partial charge in [-0.2, -0.15) is 10.5 Å². The average Bonchev–Trinajstić information content (AvgIpc) is 3.19. The number of allylic oxidation sites excluding steroid dienone is 2. The van der Waals surface area contributed by atoms with Gasteiger partial charge in [0.2, 0.25) is 0 Å². The van der Waals surface area contributed by atoms with Crippen molar-refractivity contribution in [1.29, 1.82) is 10.5 Å². The van der Waals surface area contributed by atoms with Crippen LogP contribution in [0.4, 0.5) is 0 Å². The molecule has 0 unspecified atom stereocenters. The van der Waals surface area contributed by atoms with Gasteiger partial charge in [-0.3, -0.25) is 9.59 Å². The number of rotatable bonds is 5. The van der Waals surface area contributed by atoms with Gasteiger partial charge >= 0.3 is 0 Å². The summed E-state index contributed by atoms with van der Waals surface area (Å²) >= 11 is 0. The molecule has 0 atom stereocenters. The molecule has 0 aliphatic heterocycles. The van der Waals surface area contributed by atoms with Crippen molar-refractivity contribution in [2.75, 3.05) is 20.2 Å². The van der Waals surface area contributed by atoms with Crippen LogP contribution in [-0.4, -0.2) is 36.8 Å². The summed E-state index contributed by atoms with van der Waals surface area (Å²) in [7, 11) is 1.64. The van der Waals surface area contributed by atoms with E-state index in [1.165, 1.54) is 4.90 Å². The fraction of sp³-hybridized carbons (Fsp3) is 0.308. The smallest absolute Gasteiger partial charge is 0.260 e. The summed E-state index contributed by atoms with van der Waals surface area (Å²) in [5.41, 5.74) is 5.39. The highest BCUT2D eigenvalue weighted by Gasteiger charge is 2.42. The molecule has 4 rings (SSSR count). The van der Waals surface area contributed by atoms with Crippen molar-refractivity contribution in [2.45, 2.75) is 32.1 Å². The molecular weight excluding hydrogens is 402 g/mol. The number of ether oxygens (including phenoxy) is 1. The van der Waals surface area contributed by atoms with E-state index in [1.54, 1.807) is 25.2 Å². The van der Waals surface area contributed by atoms with Crippen LogP contribution in [0.25, 0.3) is 5.57 Å². The Kier molecular flexibility index (Phi) is 5.32. The molecule has 160 valence electrons. The Morgan fingerprint density at radius 1 is 1.16 bits per heavy atom. The monoisotopic (exact) mass is 425 g/mol. The molecule has 0 bridgehead atoms. The summed E-state index contributed by atoms with van der Waals surface area (Å²) < 4.78 is 5.73. The summed E-state index contributed by atoms with van der Waals surface area (Å²) in [5.74, 6) is 0.299. The Hall–Kier alpha value is -3.90. The molecule has 0 fully saturated rings. The maximum absolute atomic E-state index is 13.4. The number of nitriles is 2. The second-order valence-electron chi connectivity index (χ2n) is 8.69. The van der Waals surface area contributed by atoms with E-state index in [0.29, 0.717) is 29.8 Å². The SMILES string of the molecule is CN(CCC#N)C(=O)COc1ccc2c(c1)C(C)(C)C1=C(C2=O)c2ccc(C#N)cc2C1. The number of carbonyl (C=O) groups is 2. The number of nitrogens with zero attached hydrogens (tertiary/aromatic N) is 3. The molecule has 2 aliphatic rings. The van der Waals surface area contributed by atoms with Gasteiger partial charge in [0.25, 0.3) is 5.91 Å². The minimum absolute atomic E-state index is 0.0170. The lowest BCUT2D eigenvalue weighted by atomic mass is 9.68. The maximum atomic E-state index is 13.4. The minimum atomic E-state index is -0.405. The van der Waals surface area contributed by atoms with Crippen LogP contribution < -0.4 is 4.74 Å². The van der Waals surface area contributed by atoms with Crippen LogP contribution >= 0.6 is 0 Å². The molecule has 2 aliphatic carbocycles. The van der Waals surface area contributed by atoms with Crippen molar-refractivity contribution in [3.8, 4) is 17.9 Å². The first-order chi connectivity index (χ1) is 15.3. The lowest BCUT2D eigenvalue weighted by molar-refractivity contribution is -0.131. The lowest BCUT2D eigenvalue weighted by Crippen LogP contribution is -2.32. The Labute approximate surface area is 187 Å². The number of carbonyl (C=O) groups excluding carboxylic acids is 2. The normalized spacial score (nSPS) is 15.2. The van der Waals surface area contributed by atoms with Crippen LogP contribution in [0.3, 0.4) is 0 Å². The van der Waals surface area contributed by atoms with Crippen LogP contribution in [0.5, 0.6) is 5.75 Å². The van der Waals surface area contributed by atoms with Gasteiger partial charge in [-0.25, -0.2) is 0 Å². The lowest BCUT2D eigenvalue weighted by Gasteiger charge is -2.34. The van der Waals surface area contributed by atoms with Gasteiger partial charge in [-0.15, -0.1) is 0 Å². The van der Waals surface area contributed by atoms with E-state index in [1.807, 2.05) is 24.3 Å². The number of hydrogen-bond acceptors (Lipinski definition) is 5. The van der Waals surface area contributed by atoms with Crippen molar-refractivity contribution in [1.82, 2.24) is 4.90 Å². The zero-order valence-corrected chi connectivity index (χ0v) is 18.4. The van der Waals surface area contributed by atoms with E-state index in [4.69, 9.17) is 10.00 Å². The third-order valence-electron chi connectivity index (χ3n) is 6.41. The summed E-state index contributed by atoms with van der Waals surface area (Å²) in [4.78, 5) is 27.1. The summed E-state index contributed by atoms with van der Waals surface area (Å²) in [6, 6.07) is 15.0. The molecule has 2 aromatic rings. The second-order valence-corrected chi connectivity index (χ2v) is 8.69. The Morgan fingerprint density at radius 3 is 2.62 bits per heavy atom. The van der Waals surface area contributed by atoms with Gasteiger partial charge in [0.15, 0.2) is 12.4 Å². The highest BCUT2D eigenvalue weighted by Crippen LogP contribution is 2.50. The summed E-state index contributed by atoms with van der Waals surface area (Å²) in [5, 5.41) is 17.9. The van der Waals surface area contributed by atoms with Crippen LogP contribution in [0.2, 0.25) is 0 Å². The predicted octanol–water partition coefficient (Wildman–Crippen LogP) is 3.79. The van der Waals surface area contributed by atoms with Crippen LogP contribution in [-0.2, 0) is 16.6 Å². The quantitative estimate of drug-likeness (QED) is 0.726. The highest BCUT2D eigenvalue weighted by molar-refractivity contribution is 6.33. The number of ketones is 1. The summed E-state index contributed by atoms with van der Waals surface area (Å²) in [6.07, 6.45) is 0.901. The summed E-state index contributed by atoms with van der Waals surface area (Å²) in [6.45, 7) is 4.41. The van der Waals surface area contributed by atoms with E-state index in [0.717, 1.165) is 27.8 Å². The van der Waals surface area contributed by atoms with Gasteiger partial charge in [-0.1, -0.05) is 19.9 Å². The molecule has 2 aromatic carbocycles. The molecule has 0 aromatic heterocycles. The average molecular weight is 425 g/mol. The van der Waals surface area contributed by atoms with Gasteiger partial charge in [0, 0.05) is 30.1 Å². The second kappa shape index (κ2) is 7.98. The molecule has 6 nitrogen and oxygen atoms in total. The number of Topliss-reactive ketones (excluding diaryl/α,β-unsaturated/α-hetero) is 1. The van der Waals surface area contributed by atoms with Crippen molar-refractivity contribution < 1.29 is 14.3 Å². The zero-order chi connectivity index (χ0) is 23.0. The van der Waals surface area contributed by atoms with Crippen LogP contribution in [0.1, 0.15) is 52.9 Å². The first-order valence-electron chi connectivity index (χ1n) is 10.5. The Morgan fingerprint density at radius 2 is 1.91 bits per heavy atom. The third-order valence-corrected chi connectivity index (χ3v) is 6.41. The Bertz CT molecular complexity index is 1260. The number of amides is 1. The van der Waals surface area contributed by atoms with Gasteiger partial charge in [-0.05, 0) is 59.0 Å². The predicted molar refractivity (Wildman–Crippen MR) is 119 cm³/mol. The molecule has 6 heteroatoms. The number of fused-ring (bicyclic) bond motifs is 3. The fourth-order valence-corrected chi connectivity index (χ4v) is 4.51. The molecule has 0 N–H and O–H groups in total. The zero-order valence-electron chi connectivity index (χ0n) is 18.4. The van der Waals surface area contributed by atoms with E-state index in [2.05, 4.69) is 19.9 Å². The Balaban J connectivity index is 1.61. The van der Waals surface area contributed by atoms with Crippen LogP contribution in [0.15, 0.2) is 42.0 Å². The van der Waals surface area contributed by atoms with Gasteiger partial charge in [0.05, 0.1) is 24.1 Å². The number of hydrogen-bond donors (Lipinski definition) is 0. The first-order valence-corrected chi connectivity index (χ1v) is 10.5. The first kappa shape index (κ1) is 21.3. The van der Waals surface area contributed by atoms with Crippen LogP contribution in [0, 0.1) is 22.7 Å². The molecular formula is C26H23N3O3. The van der Waals surface area contributed by atoms with Crippen molar-refractivity contribution in [3.63, 3.8) is 0 Å². The highest BCUT2D eigenvalue weighted by atomic mass is 16.5. The van der Waals surface area contributed by atoms with Crippen molar-refractivity contribution in [2.24, 2.45) is 0 Å². The molecule has 1 amide bonds. The molecule has 0 radical (unpaired) electrons. The molecule has 0 heterocycles. The topological polar surface area (TPSA) is 94.2 Å². The molecule has 0 saturated heterocycles. The van der Waals surface area contributed by atoms with E-state index in [9.17, 15) is 14.9 Å². The van der Waals surface area contributed by atoms with Gasteiger partial charge in [0.1, 0.15) is 5.75 Å². The minimum Gasteiger partial charge on any atom is -0.484 e. The van der Waals surface area contributed by atoms with E-state index >= 15 is 0 Å². The largest absolute Gasteiger partial charge is 0.484 e. The number of benzene rings is 2. The standard InChI is InChI=1S/C26H23N3O3/c1-26(2)21-13-18(32-15-23(30)29(3)10-4-9-27)6-8-20(21)25(31)24-19-7-5-16(14-28)11-17(19)12-22(24)26/h5-8,11,13H,4,10,12,15H2,1-3H3.